The molecule has 2 heteroatoms. The van der Waals surface area contributed by atoms with Crippen LogP contribution in [0, 0.1) is 6.85 Å². The summed E-state index contributed by atoms with van der Waals surface area (Å²) in [6.45, 7) is 1.86. The van der Waals surface area contributed by atoms with Crippen molar-refractivity contribution in [2.24, 2.45) is 0 Å². The van der Waals surface area contributed by atoms with E-state index >= 15 is 0 Å². The van der Waals surface area contributed by atoms with Gasteiger partial charge < -0.3 is 4.42 Å². The maximum atomic E-state index is 8.16. The van der Waals surface area contributed by atoms with Gasteiger partial charge in [-0.2, -0.15) is 0 Å². The SMILES string of the molecule is [2H]C([2H])([2H])c1cnc(-c2ccc3oc4c5ccccc5ccc4c3c2)cc1C(C)(C)c1ccccc1. The van der Waals surface area contributed by atoms with Gasteiger partial charge in [0.1, 0.15) is 11.2 Å². The van der Waals surface area contributed by atoms with Crippen molar-refractivity contribution in [2.45, 2.75) is 26.1 Å². The first-order chi connectivity index (χ1) is 17.2. The lowest BCUT2D eigenvalue weighted by Gasteiger charge is -2.28. The minimum absolute atomic E-state index is 0.279. The van der Waals surface area contributed by atoms with Gasteiger partial charge in [0.2, 0.25) is 0 Å². The molecule has 0 unspecified atom stereocenters. The summed E-state index contributed by atoms with van der Waals surface area (Å²) >= 11 is 0. The molecule has 0 amide bonds. The lowest BCUT2D eigenvalue weighted by atomic mass is 9.76. The van der Waals surface area contributed by atoms with E-state index in [2.05, 4.69) is 49.2 Å². The lowest BCUT2D eigenvalue weighted by Crippen LogP contribution is -2.20. The van der Waals surface area contributed by atoms with E-state index in [0.717, 1.165) is 55.1 Å². The highest BCUT2D eigenvalue weighted by atomic mass is 16.3. The van der Waals surface area contributed by atoms with Gasteiger partial charge in [-0.1, -0.05) is 74.5 Å². The predicted molar refractivity (Wildman–Crippen MR) is 138 cm³/mol. The van der Waals surface area contributed by atoms with Crippen LogP contribution in [-0.2, 0) is 5.41 Å². The predicted octanol–water partition coefficient (Wildman–Crippen LogP) is 8.44. The standard InChI is InChI=1S/C31H25NO/c1-20-19-32-28(18-27(20)31(2,3)23-10-5-4-6-11-23)22-14-16-29-26(17-22)25-15-13-21-9-7-8-12-24(21)30(25)33-29/h4-19H,1-3H3/i1D3. The Balaban J connectivity index is 1.55. The van der Waals surface area contributed by atoms with Crippen LogP contribution in [0.3, 0.4) is 0 Å². The molecule has 33 heavy (non-hydrogen) atoms. The largest absolute Gasteiger partial charge is 0.455 e. The molecule has 0 N–H and O–H groups in total. The Bertz CT molecular complexity index is 1750. The van der Waals surface area contributed by atoms with E-state index in [1.807, 2.05) is 60.7 Å². The molecule has 6 aromatic rings. The molecule has 2 heterocycles. The summed E-state index contributed by atoms with van der Waals surface area (Å²) in [4.78, 5) is 4.61. The summed E-state index contributed by atoms with van der Waals surface area (Å²) in [6, 6.07) is 30.4. The topological polar surface area (TPSA) is 26.0 Å². The summed E-state index contributed by atoms with van der Waals surface area (Å²) in [6.07, 6.45) is 1.52. The fourth-order valence-electron chi connectivity index (χ4n) is 4.80. The molecule has 0 saturated heterocycles. The summed E-state index contributed by atoms with van der Waals surface area (Å²) in [7, 11) is 0. The van der Waals surface area contributed by atoms with Crippen molar-refractivity contribution in [2.75, 3.05) is 0 Å². The first-order valence-electron chi connectivity index (χ1n) is 12.6. The smallest absolute Gasteiger partial charge is 0.143 e. The molecule has 0 spiro atoms. The fraction of sp³-hybridized carbons (Fsp3) is 0.129. The second-order valence-electron chi connectivity index (χ2n) is 9.08. The van der Waals surface area contributed by atoms with Gasteiger partial charge in [-0.3, -0.25) is 4.98 Å². The summed E-state index contributed by atoms with van der Waals surface area (Å²) in [5, 5.41) is 4.28. The van der Waals surface area contributed by atoms with Crippen LogP contribution in [0.1, 0.15) is 34.7 Å². The second-order valence-corrected chi connectivity index (χ2v) is 9.08. The molecule has 0 aliphatic carbocycles. The Hall–Kier alpha value is -3.91. The molecule has 0 bridgehead atoms. The number of nitrogens with zero attached hydrogens (tertiary/aromatic N) is 1. The molecule has 0 saturated carbocycles. The third-order valence-electron chi connectivity index (χ3n) is 6.73. The molecule has 0 atom stereocenters. The molecule has 0 aliphatic rings. The van der Waals surface area contributed by atoms with E-state index in [1.165, 1.54) is 6.20 Å². The van der Waals surface area contributed by atoms with E-state index in [4.69, 9.17) is 8.53 Å². The summed E-state index contributed by atoms with van der Waals surface area (Å²) in [5.74, 6) is 0. The Morgan fingerprint density at radius 2 is 1.61 bits per heavy atom. The average Bonchev–Trinajstić information content (AvgIpc) is 3.27. The van der Waals surface area contributed by atoms with Crippen LogP contribution in [0.25, 0.3) is 44.0 Å². The van der Waals surface area contributed by atoms with Crippen molar-refractivity contribution >= 4 is 32.7 Å². The van der Waals surface area contributed by atoms with Crippen LogP contribution in [0.2, 0.25) is 0 Å². The highest BCUT2D eigenvalue weighted by Gasteiger charge is 2.25. The minimum atomic E-state index is -2.27. The van der Waals surface area contributed by atoms with Crippen molar-refractivity contribution in [1.82, 2.24) is 4.98 Å². The van der Waals surface area contributed by atoms with Crippen LogP contribution < -0.4 is 0 Å². The van der Waals surface area contributed by atoms with E-state index < -0.39 is 12.3 Å². The van der Waals surface area contributed by atoms with Crippen LogP contribution >= 0.6 is 0 Å². The lowest BCUT2D eigenvalue weighted by molar-refractivity contribution is 0.635. The highest BCUT2D eigenvalue weighted by molar-refractivity contribution is 6.15. The summed E-state index contributed by atoms with van der Waals surface area (Å²) in [5.41, 5.74) is 4.90. The van der Waals surface area contributed by atoms with Gasteiger partial charge in [0, 0.05) is 37.4 Å². The number of aromatic nitrogens is 1. The average molecular weight is 431 g/mol. The van der Waals surface area contributed by atoms with Gasteiger partial charge in [-0.25, -0.2) is 0 Å². The van der Waals surface area contributed by atoms with Crippen molar-refractivity contribution in [1.29, 1.82) is 0 Å². The van der Waals surface area contributed by atoms with Crippen LogP contribution in [-0.4, -0.2) is 4.98 Å². The molecule has 0 fully saturated rings. The number of pyridine rings is 1. The second kappa shape index (κ2) is 7.31. The quantitative estimate of drug-likeness (QED) is 0.281. The van der Waals surface area contributed by atoms with Crippen LogP contribution in [0.15, 0.2) is 102 Å². The number of furan rings is 1. The van der Waals surface area contributed by atoms with E-state index in [0.29, 0.717) is 0 Å². The third-order valence-corrected chi connectivity index (χ3v) is 6.73. The van der Waals surface area contributed by atoms with Crippen molar-refractivity contribution in [3.8, 4) is 11.3 Å². The number of aryl methyl sites for hydroxylation is 1. The number of hydrogen-bond acceptors (Lipinski definition) is 2. The van der Waals surface area contributed by atoms with E-state index in [9.17, 15) is 0 Å². The zero-order valence-electron chi connectivity index (χ0n) is 21.6. The molecular weight excluding hydrogens is 402 g/mol. The van der Waals surface area contributed by atoms with E-state index in [-0.39, 0.29) is 5.56 Å². The van der Waals surface area contributed by atoms with Crippen LogP contribution in [0.4, 0.5) is 0 Å². The first kappa shape index (κ1) is 16.7. The molecule has 2 nitrogen and oxygen atoms in total. The van der Waals surface area contributed by atoms with Gasteiger partial charge in [0.15, 0.2) is 0 Å². The van der Waals surface area contributed by atoms with Crippen LogP contribution in [0.5, 0.6) is 0 Å². The van der Waals surface area contributed by atoms with Gasteiger partial charge in [-0.15, -0.1) is 0 Å². The molecule has 160 valence electrons. The number of fused-ring (bicyclic) bond motifs is 5. The normalized spacial score (nSPS) is 13.8. The molecule has 2 aromatic heterocycles. The van der Waals surface area contributed by atoms with Gasteiger partial charge in [0.25, 0.3) is 0 Å². The van der Waals surface area contributed by atoms with Crippen molar-refractivity contribution in [3.05, 3.63) is 114 Å². The number of hydrogen-bond donors (Lipinski definition) is 0. The van der Waals surface area contributed by atoms with Gasteiger partial charge in [-0.05, 0) is 59.3 Å². The highest BCUT2D eigenvalue weighted by Crippen LogP contribution is 2.38. The third kappa shape index (κ3) is 3.14. The summed E-state index contributed by atoms with van der Waals surface area (Å²) < 4.78 is 30.7. The van der Waals surface area contributed by atoms with E-state index in [1.54, 1.807) is 0 Å². The molecular formula is C31H25NO. The zero-order valence-corrected chi connectivity index (χ0v) is 18.6. The minimum Gasteiger partial charge on any atom is -0.455 e. The molecule has 0 radical (unpaired) electrons. The fourth-order valence-corrected chi connectivity index (χ4v) is 4.80. The molecule has 0 aliphatic heterocycles. The first-order valence-corrected chi connectivity index (χ1v) is 11.1. The molecule has 6 rings (SSSR count). The van der Waals surface area contributed by atoms with Crippen molar-refractivity contribution < 1.29 is 8.53 Å². The van der Waals surface area contributed by atoms with Gasteiger partial charge >= 0.3 is 0 Å². The zero-order chi connectivity index (χ0) is 25.1. The number of rotatable bonds is 3. The van der Waals surface area contributed by atoms with Gasteiger partial charge in [0.05, 0.1) is 5.69 Å². The Labute approximate surface area is 197 Å². The maximum absolute atomic E-state index is 8.16. The Morgan fingerprint density at radius 3 is 2.45 bits per heavy atom. The maximum Gasteiger partial charge on any atom is 0.143 e. The monoisotopic (exact) mass is 430 g/mol. The molecule has 4 aromatic carbocycles. The Morgan fingerprint density at radius 1 is 0.788 bits per heavy atom. The number of benzene rings is 4. The van der Waals surface area contributed by atoms with Crippen molar-refractivity contribution in [3.63, 3.8) is 0 Å². The Kier molecular flexibility index (Phi) is 3.70.